The van der Waals surface area contributed by atoms with Gasteiger partial charge in [-0.3, -0.25) is 0 Å². The van der Waals surface area contributed by atoms with E-state index in [9.17, 15) is 0 Å². The molecule has 0 aliphatic carbocycles. The molecule has 0 aliphatic heterocycles. The number of nitrogens with zero attached hydrogens (tertiary/aromatic N) is 4. The molecular formula is C12H23N5. The van der Waals surface area contributed by atoms with Crippen molar-refractivity contribution < 1.29 is 0 Å². The molecule has 0 radical (unpaired) electrons. The Balaban J connectivity index is 2.65. The van der Waals surface area contributed by atoms with Crippen LogP contribution in [0.2, 0.25) is 0 Å². The number of nitrogens with two attached hydrogens (primary N) is 1. The summed E-state index contributed by atoms with van der Waals surface area (Å²) in [5.41, 5.74) is 5.74. The highest BCUT2D eigenvalue weighted by Gasteiger charge is 2.07. The van der Waals surface area contributed by atoms with Crippen molar-refractivity contribution in [2.75, 3.05) is 44.4 Å². The van der Waals surface area contributed by atoms with Gasteiger partial charge in [0.1, 0.15) is 17.5 Å². The van der Waals surface area contributed by atoms with Gasteiger partial charge in [0.15, 0.2) is 0 Å². The summed E-state index contributed by atoms with van der Waals surface area (Å²) in [6, 6.07) is 1.84. The van der Waals surface area contributed by atoms with E-state index < -0.39 is 0 Å². The Morgan fingerprint density at radius 2 is 1.94 bits per heavy atom. The maximum absolute atomic E-state index is 5.74. The van der Waals surface area contributed by atoms with Gasteiger partial charge < -0.3 is 15.5 Å². The summed E-state index contributed by atoms with van der Waals surface area (Å²) >= 11 is 0. The first-order chi connectivity index (χ1) is 8.02. The molecule has 0 fully saturated rings. The van der Waals surface area contributed by atoms with E-state index in [-0.39, 0.29) is 0 Å². The minimum absolute atomic E-state index is 0.540. The molecule has 1 aromatic rings. The Kier molecular flexibility index (Phi) is 5.15. The number of rotatable bonds is 6. The molecule has 1 aromatic heterocycles. The van der Waals surface area contributed by atoms with Crippen LogP contribution in [0.3, 0.4) is 0 Å². The third kappa shape index (κ3) is 4.56. The van der Waals surface area contributed by atoms with E-state index in [1.807, 2.05) is 13.0 Å². The summed E-state index contributed by atoms with van der Waals surface area (Å²) in [5, 5.41) is 0. The van der Waals surface area contributed by atoms with E-state index in [1.54, 1.807) is 0 Å². The molecule has 5 heteroatoms. The van der Waals surface area contributed by atoms with Gasteiger partial charge in [0.2, 0.25) is 0 Å². The number of hydrogen-bond acceptors (Lipinski definition) is 5. The lowest BCUT2D eigenvalue weighted by atomic mass is 10.3. The molecule has 0 amide bonds. The van der Waals surface area contributed by atoms with Crippen LogP contribution in [-0.2, 0) is 0 Å². The Morgan fingerprint density at radius 1 is 1.24 bits per heavy atom. The highest BCUT2D eigenvalue weighted by Crippen LogP contribution is 2.13. The van der Waals surface area contributed by atoms with Gasteiger partial charge in [-0.25, -0.2) is 9.97 Å². The van der Waals surface area contributed by atoms with Gasteiger partial charge in [-0.2, -0.15) is 0 Å². The average Bonchev–Trinajstić information content (AvgIpc) is 2.22. The second-order valence-electron chi connectivity index (χ2n) is 4.43. The molecular weight excluding hydrogens is 214 g/mol. The first-order valence-corrected chi connectivity index (χ1v) is 6.03. The third-order valence-corrected chi connectivity index (χ3v) is 2.58. The molecule has 0 aromatic carbocycles. The van der Waals surface area contributed by atoms with Crippen LogP contribution >= 0.6 is 0 Å². The molecule has 0 unspecified atom stereocenters. The first-order valence-electron chi connectivity index (χ1n) is 6.03. The van der Waals surface area contributed by atoms with Crippen molar-refractivity contribution in [1.82, 2.24) is 14.9 Å². The van der Waals surface area contributed by atoms with Gasteiger partial charge in [0, 0.05) is 19.2 Å². The summed E-state index contributed by atoms with van der Waals surface area (Å²) in [6.07, 6.45) is 1.11. The molecule has 0 atom stereocenters. The molecule has 0 bridgehead atoms. The largest absolute Gasteiger partial charge is 0.384 e. The summed E-state index contributed by atoms with van der Waals surface area (Å²) in [7, 11) is 4.17. The monoisotopic (exact) mass is 237 g/mol. The smallest absolute Gasteiger partial charge is 0.134 e. The van der Waals surface area contributed by atoms with Crippen molar-refractivity contribution in [2.24, 2.45) is 0 Å². The Morgan fingerprint density at radius 3 is 2.47 bits per heavy atom. The Bertz CT molecular complexity index is 330. The van der Waals surface area contributed by atoms with Crippen molar-refractivity contribution in [2.45, 2.75) is 20.3 Å². The molecule has 0 spiro atoms. The molecule has 5 nitrogen and oxygen atoms in total. The van der Waals surface area contributed by atoms with Gasteiger partial charge in [-0.1, -0.05) is 0 Å². The first kappa shape index (κ1) is 13.7. The third-order valence-electron chi connectivity index (χ3n) is 2.58. The van der Waals surface area contributed by atoms with Gasteiger partial charge in [0.05, 0.1) is 0 Å². The Labute approximate surface area is 104 Å². The van der Waals surface area contributed by atoms with Crippen molar-refractivity contribution in [3.8, 4) is 0 Å². The standard InChI is InChI=1S/C12H23N5/c1-5-17(8-6-7-16(3)4)12-9-11(13)14-10(2)15-12/h9H,5-8H2,1-4H3,(H2,13,14,15). The summed E-state index contributed by atoms with van der Waals surface area (Å²) in [6.45, 7) is 7.00. The summed E-state index contributed by atoms with van der Waals surface area (Å²) in [5.74, 6) is 2.20. The van der Waals surface area contributed by atoms with Crippen LogP contribution in [-0.4, -0.2) is 48.6 Å². The molecule has 0 aliphatic rings. The molecule has 0 saturated carbocycles. The predicted molar refractivity (Wildman–Crippen MR) is 72.2 cm³/mol. The minimum Gasteiger partial charge on any atom is -0.384 e. The molecule has 0 saturated heterocycles. The van der Waals surface area contributed by atoms with E-state index in [4.69, 9.17) is 5.73 Å². The van der Waals surface area contributed by atoms with Crippen LogP contribution < -0.4 is 10.6 Å². The van der Waals surface area contributed by atoms with E-state index in [0.29, 0.717) is 5.82 Å². The van der Waals surface area contributed by atoms with Crippen LogP contribution in [0.25, 0.3) is 0 Å². The maximum Gasteiger partial charge on any atom is 0.134 e. The zero-order chi connectivity index (χ0) is 12.8. The van der Waals surface area contributed by atoms with E-state index in [0.717, 1.165) is 37.7 Å². The van der Waals surface area contributed by atoms with Crippen LogP contribution in [0.5, 0.6) is 0 Å². The fraction of sp³-hybridized carbons (Fsp3) is 0.667. The maximum atomic E-state index is 5.74. The van der Waals surface area contributed by atoms with Crippen molar-refractivity contribution in [1.29, 1.82) is 0 Å². The average molecular weight is 237 g/mol. The molecule has 17 heavy (non-hydrogen) atoms. The SMILES string of the molecule is CCN(CCCN(C)C)c1cc(N)nc(C)n1. The molecule has 96 valence electrons. The van der Waals surface area contributed by atoms with E-state index in [1.165, 1.54) is 0 Å². The fourth-order valence-electron chi connectivity index (χ4n) is 1.75. The topological polar surface area (TPSA) is 58.3 Å². The normalized spacial score (nSPS) is 10.9. The van der Waals surface area contributed by atoms with Crippen molar-refractivity contribution in [3.63, 3.8) is 0 Å². The van der Waals surface area contributed by atoms with Crippen LogP contribution in [0.15, 0.2) is 6.07 Å². The minimum atomic E-state index is 0.540. The van der Waals surface area contributed by atoms with Gasteiger partial charge >= 0.3 is 0 Å². The lowest BCUT2D eigenvalue weighted by Crippen LogP contribution is -2.28. The predicted octanol–water partition coefficient (Wildman–Crippen LogP) is 1.15. The number of nitrogen functional groups attached to an aromatic ring is 1. The van der Waals surface area contributed by atoms with Crippen molar-refractivity contribution in [3.05, 3.63) is 11.9 Å². The zero-order valence-electron chi connectivity index (χ0n) is 11.3. The molecule has 2 N–H and O–H groups in total. The molecule has 1 rings (SSSR count). The zero-order valence-corrected chi connectivity index (χ0v) is 11.3. The van der Waals surface area contributed by atoms with Gasteiger partial charge in [-0.15, -0.1) is 0 Å². The van der Waals surface area contributed by atoms with Crippen molar-refractivity contribution >= 4 is 11.6 Å². The lowest BCUT2D eigenvalue weighted by Gasteiger charge is -2.23. The van der Waals surface area contributed by atoms with Crippen LogP contribution in [0.4, 0.5) is 11.6 Å². The quantitative estimate of drug-likeness (QED) is 0.804. The highest BCUT2D eigenvalue weighted by molar-refractivity contribution is 5.46. The number of aromatic nitrogens is 2. The number of anilines is 2. The summed E-state index contributed by atoms with van der Waals surface area (Å²) < 4.78 is 0. The van der Waals surface area contributed by atoms with Gasteiger partial charge in [0.25, 0.3) is 0 Å². The van der Waals surface area contributed by atoms with E-state index >= 15 is 0 Å². The number of hydrogen-bond donors (Lipinski definition) is 1. The van der Waals surface area contributed by atoms with E-state index in [2.05, 4.69) is 40.8 Å². The second-order valence-corrected chi connectivity index (χ2v) is 4.43. The number of aryl methyl sites for hydroxylation is 1. The van der Waals surface area contributed by atoms with Gasteiger partial charge in [-0.05, 0) is 40.9 Å². The highest BCUT2D eigenvalue weighted by atomic mass is 15.2. The summed E-state index contributed by atoms with van der Waals surface area (Å²) in [4.78, 5) is 12.9. The fourth-order valence-corrected chi connectivity index (χ4v) is 1.75. The van der Waals surface area contributed by atoms with Crippen LogP contribution in [0.1, 0.15) is 19.2 Å². The second kappa shape index (κ2) is 6.39. The molecule has 1 heterocycles. The Hall–Kier alpha value is -1.36. The van der Waals surface area contributed by atoms with Crippen LogP contribution in [0, 0.1) is 6.92 Å². The lowest BCUT2D eigenvalue weighted by molar-refractivity contribution is 0.400.